The normalized spacial score (nSPS) is 16.1. The molecule has 156 valence electrons. The molecule has 2 amide bonds. The van der Waals surface area contributed by atoms with Crippen LogP contribution in [0.3, 0.4) is 0 Å². The number of carbonyl (C=O) groups excluding carboxylic acids is 2. The van der Waals surface area contributed by atoms with E-state index in [0.717, 1.165) is 6.42 Å². The van der Waals surface area contributed by atoms with Gasteiger partial charge in [0, 0.05) is 12.1 Å². The maximum absolute atomic E-state index is 14.1. The van der Waals surface area contributed by atoms with Gasteiger partial charge < -0.3 is 19.4 Å². The van der Waals surface area contributed by atoms with Crippen LogP contribution in [0.15, 0.2) is 46.9 Å². The van der Waals surface area contributed by atoms with Crippen molar-refractivity contribution < 1.29 is 23.1 Å². The first-order chi connectivity index (χ1) is 14.6. The van der Waals surface area contributed by atoms with Crippen LogP contribution in [0.5, 0.6) is 0 Å². The monoisotopic (exact) mass is 411 g/mol. The molecule has 30 heavy (non-hydrogen) atoms. The van der Waals surface area contributed by atoms with Gasteiger partial charge in [-0.25, -0.2) is 14.2 Å². The summed E-state index contributed by atoms with van der Waals surface area (Å²) in [4.78, 5) is 30.2. The van der Waals surface area contributed by atoms with Crippen LogP contribution in [0, 0.1) is 5.82 Å². The molecule has 3 aromatic rings. The van der Waals surface area contributed by atoms with E-state index in [-0.39, 0.29) is 31.0 Å². The molecular formula is C22H22FN3O4. The van der Waals surface area contributed by atoms with Gasteiger partial charge in [0.15, 0.2) is 5.58 Å². The number of esters is 1. The highest BCUT2D eigenvalue weighted by Gasteiger charge is 2.33. The van der Waals surface area contributed by atoms with Gasteiger partial charge in [-0.1, -0.05) is 24.3 Å². The van der Waals surface area contributed by atoms with E-state index in [1.165, 1.54) is 6.07 Å². The van der Waals surface area contributed by atoms with Crippen molar-refractivity contribution in [2.45, 2.75) is 25.8 Å². The van der Waals surface area contributed by atoms with E-state index >= 15 is 0 Å². The molecule has 4 rings (SSSR count). The number of hydrogen-bond acceptors (Lipinski definition) is 5. The third kappa shape index (κ3) is 3.98. The van der Waals surface area contributed by atoms with Gasteiger partial charge in [-0.2, -0.15) is 0 Å². The van der Waals surface area contributed by atoms with Crippen LogP contribution in [0.4, 0.5) is 9.18 Å². The molecule has 0 aliphatic carbocycles. The zero-order valence-corrected chi connectivity index (χ0v) is 16.6. The molecule has 1 N–H and O–H groups in total. The fraction of sp³-hybridized carbons (Fsp3) is 0.318. The molecule has 1 fully saturated rings. The van der Waals surface area contributed by atoms with E-state index in [1.54, 1.807) is 48.2 Å². The Balaban J connectivity index is 1.54. The van der Waals surface area contributed by atoms with Crippen molar-refractivity contribution >= 4 is 23.1 Å². The van der Waals surface area contributed by atoms with E-state index in [2.05, 4.69) is 10.3 Å². The van der Waals surface area contributed by atoms with Crippen LogP contribution < -0.4 is 5.32 Å². The summed E-state index contributed by atoms with van der Waals surface area (Å²) in [5.41, 5.74) is 2.37. The number of nitrogens with one attached hydrogen (secondary N) is 1. The molecule has 7 nitrogen and oxygen atoms in total. The van der Waals surface area contributed by atoms with Gasteiger partial charge in [-0.05, 0) is 43.5 Å². The number of oxazole rings is 1. The van der Waals surface area contributed by atoms with Crippen LogP contribution in [-0.2, 0) is 9.53 Å². The molecule has 1 aliphatic heterocycles. The van der Waals surface area contributed by atoms with E-state index < -0.39 is 5.97 Å². The first-order valence-electron chi connectivity index (χ1n) is 9.92. The number of rotatable bonds is 5. The van der Waals surface area contributed by atoms with Crippen LogP contribution in [-0.4, -0.2) is 41.6 Å². The van der Waals surface area contributed by atoms with Crippen molar-refractivity contribution in [3.05, 3.63) is 54.2 Å². The lowest BCUT2D eigenvalue weighted by Crippen LogP contribution is -2.42. The number of halogens is 1. The molecular weight excluding hydrogens is 389 g/mol. The lowest BCUT2D eigenvalue weighted by atomic mass is 10.0. The quantitative estimate of drug-likeness (QED) is 0.641. The Labute approximate surface area is 172 Å². The second-order valence-corrected chi connectivity index (χ2v) is 7.03. The minimum Gasteiger partial charge on any atom is -0.465 e. The number of fused-ring (bicyclic) bond motifs is 1. The third-order valence-corrected chi connectivity index (χ3v) is 5.08. The zero-order chi connectivity index (χ0) is 21.1. The minimum absolute atomic E-state index is 0.185. The largest absolute Gasteiger partial charge is 0.465 e. The van der Waals surface area contributed by atoms with Gasteiger partial charge in [-0.15, -0.1) is 0 Å². The predicted octanol–water partition coefficient (Wildman–Crippen LogP) is 4.04. The Bertz CT molecular complexity index is 1080. The molecule has 0 saturated carbocycles. The topological polar surface area (TPSA) is 84.7 Å². The molecule has 2 aromatic carbocycles. The number of likely N-dealkylation sites (tertiary alicyclic amines) is 1. The van der Waals surface area contributed by atoms with Crippen molar-refractivity contribution in [3.8, 4) is 11.1 Å². The van der Waals surface area contributed by atoms with Crippen LogP contribution in [0.2, 0.25) is 0 Å². The Kier molecular flexibility index (Phi) is 5.65. The van der Waals surface area contributed by atoms with Crippen molar-refractivity contribution in [1.29, 1.82) is 0 Å². The number of nitrogens with zero attached hydrogens (tertiary/aromatic N) is 2. The Morgan fingerprint density at radius 1 is 1.30 bits per heavy atom. The lowest BCUT2D eigenvalue weighted by molar-refractivity contribution is -0.141. The number of carbonyl (C=O) groups is 2. The molecule has 1 aromatic heterocycles. The standard InChI is InChI=1S/C22H22FN3O4/c1-2-29-20(27)13-24-22(28)26-11-5-8-18(26)21-25-17-12-14(9-10-19(17)30-21)15-6-3-4-7-16(15)23/h3-4,6-7,9-10,12,18H,2,5,8,11,13H2,1H3,(H,24,28)/t18-/m1/s1. The van der Waals surface area contributed by atoms with E-state index in [9.17, 15) is 14.0 Å². The van der Waals surface area contributed by atoms with Crippen LogP contribution in [0.25, 0.3) is 22.2 Å². The van der Waals surface area contributed by atoms with Gasteiger partial charge in [-0.3, -0.25) is 4.79 Å². The SMILES string of the molecule is CCOC(=O)CNC(=O)N1CCC[C@@H]1c1nc2cc(-c3ccccc3F)ccc2o1. The Morgan fingerprint density at radius 2 is 2.13 bits per heavy atom. The van der Waals surface area contributed by atoms with Crippen LogP contribution in [0.1, 0.15) is 31.7 Å². The average Bonchev–Trinajstić information content (AvgIpc) is 3.39. The summed E-state index contributed by atoms with van der Waals surface area (Å²) in [5, 5.41) is 2.58. The van der Waals surface area contributed by atoms with Crippen LogP contribution >= 0.6 is 0 Å². The van der Waals surface area contributed by atoms with E-state index in [0.29, 0.717) is 41.1 Å². The van der Waals surface area contributed by atoms with Crippen molar-refractivity contribution in [3.63, 3.8) is 0 Å². The maximum Gasteiger partial charge on any atom is 0.325 e. The molecule has 0 unspecified atom stereocenters. The Morgan fingerprint density at radius 3 is 2.93 bits per heavy atom. The van der Waals surface area contributed by atoms with Crippen molar-refractivity contribution in [2.24, 2.45) is 0 Å². The summed E-state index contributed by atoms with van der Waals surface area (Å²) in [5.74, 6) is -0.357. The van der Waals surface area contributed by atoms with Gasteiger partial charge in [0.1, 0.15) is 23.9 Å². The van der Waals surface area contributed by atoms with E-state index in [1.807, 2.05) is 0 Å². The fourth-order valence-corrected chi connectivity index (χ4v) is 3.68. The summed E-state index contributed by atoms with van der Waals surface area (Å²) in [7, 11) is 0. The Hall–Kier alpha value is -3.42. The molecule has 1 saturated heterocycles. The maximum atomic E-state index is 14.1. The molecule has 8 heteroatoms. The van der Waals surface area contributed by atoms with Gasteiger partial charge >= 0.3 is 12.0 Å². The smallest absolute Gasteiger partial charge is 0.325 e. The first-order valence-corrected chi connectivity index (χ1v) is 9.92. The van der Waals surface area contributed by atoms with Crippen molar-refractivity contribution in [1.82, 2.24) is 15.2 Å². The second kappa shape index (κ2) is 8.52. The molecule has 0 radical (unpaired) electrons. The van der Waals surface area contributed by atoms with E-state index in [4.69, 9.17) is 9.15 Å². The van der Waals surface area contributed by atoms with Gasteiger partial charge in [0.2, 0.25) is 5.89 Å². The number of benzene rings is 2. The van der Waals surface area contributed by atoms with Gasteiger partial charge in [0.25, 0.3) is 0 Å². The second-order valence-electron chi connectivity index (χ2n) is 7.03. The fourth-order valence-electron chi connectivity index (χ4n) is 3.68. The number of urea groups is 1. The summed E-state index contributed by atoms with van der Waals surface area (Å²) in [6, 6.07) is 11.2. The highest BCUT2D eigenvalue weighted by atomic mass is 19.1. The summed E-state index contributed by atoms with van der Waals surface area (Å²) >= 11 is 0. The molecule has 2 heterocycles. The molecule has 1 atom stereocenters. The average molecular weight is 411 g/mol. The number of ether oxygens (including phenoxy) is 1. The number of hydrogen-bond donors (Lipinski definition) is 1. The van der Waals surface area contributed by atoms with Crippen molar-refractivity contribution in [2.75, 3.05) is 19.7 Å². The minimum atomic E-state index is -0.482. The predicted molar refractivity (Wildman–Crippen MR) is 108 cm³/mol. The number of amides is 2. The zero-order valence-electron chi connectivity index (χ0n) is 16.6. The number of aromatic nitrogens is 1. The molecule has 1 aliphatic rings. The summed E-state index contributed by atoms with van der Waals surface area (Å²) in [6.07, 6.45) is 1.51. The third-order valence-electron chi connectivity index (χ3n) is 5.08. The molecule has 0 bridgehead atoms. The summed E-state index contributed by atoms with van der Waals surface area (Å²) < 4.78 is 24.8. The highest BCUT2D eigenvalue weighted by Crippen LogP contribution is 2.34. The van der Waals surface area contributed by atoms with Gasteiger partial charge in [0.05, 0.1) is 6.61 Å². The molecule has 0 spiro atoms. The lowest BCUT2D eigenvalue weighted by Gasteiger charge is -2.22. The summed E-state index contributed by atoms with van der Waals surface area (Å²) in [6.45, 7) is 2.33. The highest BCUT2D eigenvalue weighted by molar-refractivity contribution is 5.82. The first kappa shape index (κ1) is 19.9.